The predicted octanol–water partition coefficient (Wildman–Crippen LogP) is 1.23. The standard InChI is InChI=1S/C8H15F3N2/c1-7-6-12-3-5-13(7)4-2-8(9,10)11/h7,12H,2-6H2,1H3. The lowest BCUT2D eigenvalue weighted by Crippen LogP contribution is -2.50. The molecule has 1 aliphatic heterocycles. The fraction of sp³-hybridized carbons (Fsp3) is 1.00. The number of halogens is 3. The minimum atomic E-state index is -4.02. The molecular weight excluding hydrogens is 181 g/mol. The molecule has 0 aromatic rings. The van der Waals surface area contributed by atoms with Crippen LogP contribution in [0.3, 0.4) is 0 Å². The van der Waals surface area contributed by atoms with Crippen LogP contribution in [-0.4, -0.2) is 43.3 Å². The summed E-state index contributed by atoms with van der Waals surface area (Å²) in [5, 5.41) is 3.14. The van der Waals surface area contributed by atoms with Crippen molar-refractivity contribution in [2.24, 2.45) is 0 Å². The first-order valence-corrected chi connectivity index (χ1v) is 4.50. The number of nitrogens with zero attached hydrogens (tertiary/aromatic N) is 1. The lowest BCUT2D eigenvalue weighted by atomic mass is 10.2. The van der Waals surface area contributed by atoms with Crippen molar-refractivity contribution in [3.63, 3.8) is 0 Å². The van der Waals surface area contributed by atoms with Gasteiger partial charge in [0.05, 0.1) is 6.42 Å². The fourth-order valence-corrected chi connectivity index (χ4v) is 1.49. The summed E-state index contributed by atoms with van der Waals surface area (Å²) in [6, 6.07) is 0.219. The SMILES string of the molecule is CC1CNCCN1CCC(F)(F)F. The maximum absolute atomic E-state index is 11.9. The third-order valence-electron chi connectivity index (χ3n) is 2.32. The van der Waals surface area contributed by atoms with Crippen molar-refractivity contribution >= 4 is 0 Å². The number of nitrogens with one attached hydrogen (secondary N) is 1. The van der Waals surface area contributed by atoms with Gasteiger partial charge in [-0.15, -0.1) is 0 Å². The molecule has 1 heterocycles. The highest BCUT2D eigenvalue weighted by Crippen LogP contribution is 2.20. The quantitative estimate of drug-likeness (QED) is 0.714. The Balaban J connectivity index is 2.27. The first-order valence-electron chi connectivity index (χ1n) is 4.50. The Kier molecular flexibility index (Phi) is 3.55. The van der Waals surface area contributed by atoms with E-state index in [0.717, 1.165) is 19.6 Å². The molecule has 0 amide bonds. The molecule has 0 aromatic heterocycles. The van der Waals surface area contributed by atoms with Crippen molar-refractivity contribution in [3.05, 3.63) is 0 Å². The van der Waals surface area contributed by atoms with E-state index in [1.165, 1.54) is 0 Å². The van der Waals surface area contributed by atoms with Gasteiger partial charge in [0.1, 0.15) is 0 Å². The van der Waals surface area contributed by atoms with Crippen LogP contribution in [0.1, 0.15) is 13.3 Å². The topological polar surface area (TPSA) is 15.3 Å². The molecule has 78 valence electrons. The predicted molar refractivity (Wildman–Crippen MR) is 44.6 cm³/mol. The Labute approximate surface area is 76.1 Å². The van der Waals surface area contributed by atoms with Crippen LogP contribution in [0.4, 0.5) is 13.2 Å². The third kappa shape index (κ3) is 3.95. The second-order valence-electron chi connectivity index (χ2n) is 3.45. The zero-order valence-electron chi connectivity index (χ0n) is 7.69. The molecule has 2 nitrogen and oxygen atoms in total. The van der Waals surface area contributed by atoms with Gasteiger partial charge in [0.2, 0.25) is 0 Å². The maximum atomic E-state index is 11.9. The van der Waals surface area contributed by atoms with Gasteiger partial charge in [0, 0.05) is 32.2 Å². The molecule has 0 bridgehead atoms. The Morgan fingerprint density at radius 1 is 1.46 bits per heavy atom. The molecule has 13 heavy (non-hydrogen) atoms. The normalized spacial score (nSPS) is 26.3. The molecule has 1 aliphatic rings. The number of rotatable bonds is 2. The van der Waals surface area contributed by atoms with E-state index in [1.54, 1.807) is 0 Å². The van der Waals surface area contributed by atoms with Crippen molar-refractivity contribution in [1.82, 2.24) is 10.2 Å². The number of piperazine rings is 1. The molecule has 1 unspecified atom stereocenters. The summed E-state index contributed by atoms with van der Waals surface area (Å²) in [5.41, 5.74) is 0. The zero-order chi connectivity index (χ0) is 9.90. The number of hydrogen-bond donors (Lipinski definition) is 1. The molecule has 0 aliphatic carbocycles. The first-order chi connectivity index (χ1) is 5.99. The summed E-state index contributed by atoms with van der Waals surface area (Å²) in [6.07, 6.45) is -4.72. The lowest BCUT2D eigenvalue weighted by Gasteiger charge is -2.33. The third-order valence-corrected chi connectivity index (χ3v) is 2.32. The molecule has 1 rings (SSSR count). The lowest BCUT2D eigenvalue weighted by molar-refractivity contribution is -0.139. The Bertz CT molecular complexity index is 158. The van der Waals surface area contributed by atoms with Gasteiger partial charge in [-0.25, -0.2) is 0 Å². The Morgan fingerprint density at radius 3 is 2.69 bits per heavy atom. The van der Waals surface area contributed by atoms with Crippen LogP contribution in [0, 0.1) is 0 Å². The van der Waals surface area contributed by atoms with Crippen molar-refractivity contribution in [2.75, 3.05) is 26.2 Å². The van der Waals surface area contributed by atoms with Crippen LogP contribution >= 0.6 is 0 Å². The smallest absolute Gasteiger partial charge is 0.314 e. The van der Waals surface area contributed by atoms with E-state index < -0.39 is 12.6 Å². The molecule has 0 radical (unpaired) electrons. The summed E-state index contributed by atoms with van der Waals surface area (Å²) in [6.45, 7) is 4.38. The monoisotopic (exact) mass is 196 g/mol. The van der Waals surface area contributed by atoms with E-state index in [4.69, 9.17) is 0 Å². The van der Waals surface area contributed by atoms with Gasteiger partial charge < -0.3 is 5.32 Å². The molecule has 1 atom stereocenters. The van der Waals surface area contributed by atoms with Crippen LogP contribution < -0.4 is 5.32 Å². The minimum absolute atomic E-state index is 0.131. The number of alkyl halides is 3. The van der Waals surface area contributed by atoms with Gasteiger partial charge >= 0.3 is 6.18 Å². The summed E-state index contributed by atoms with van der Waals surface area (Å²) in [4.78, 5) is 1.88. The highest BCUT2D eigenvalue weighted by atomic mass is 19.4. The largest absolute Gasteiger partial charge is 0.390 e. The van der Waals surface area contributed by atoms with E-state index >= 15 is 0 Å². The van der Waals surface area contributed by atoms with E-state index in [2.05, 4.69) is 5.32 Å². The van der Waals surface area contributed by atoms with Gasteiger partial charge in [-0.05, 0) is 6.92 Å². The van der Waals surface area contributed by atoms with Crippen LogP contribution in [0.2, 0.25) is 0 Å². The zero-order valence-corrected chi connectivity index (χ0v) is 7.69. The van der Waals surface area contributed by atoms with Gasteiger partial charge in [-0.1, -0.05) is 0 Å². The van der Waals surface area contributed by atoms with E-state index in [0.29, 0.717) is 0 Å². The fourth-order valence-electron chi connectivity index (χ4n) is 1.49. The summed E-state index contributed by atoms with van der Waals surface area (Å²) < 4.78 is 35.7. The highest BCUT2D eigenvalue weighted by Gasteiger charge is 2.29. The molecule has 0 saturated carbocycles. The van der Waals surface area contributed by atoms with Gasteiger partial charge in [-0.2, -0.15) is 13.2 Å². The van der Waals surface area contributed by atoms with Crippen LogP contribution in [-0.2, 0) is 0 Å². The molecule has 5 heteroatoms. The van der Waals surface area contributed by atoms with Crippen molar-refractivity contribution in [1.29, 1.82) is 0 Å². The maximum Gasteiger partial charge on any atom is 0.390 e. The average Bonchev–Trinajstić information content (AvgIpc) is 2.01. The van der Waals surface area contributed by atoms with Crippen molar-refractivity contribution in [3.8, 4) is 0 Å². The van der Waals surface area contributed by atoms with Gasteiger partial charge in [-0.3, -0.25) is 4.90 Å². The van der Waals surface area contributed by atoms with E-state index in [9.17, 15) is 13.2 Å². The summed E-state index contributed by atoms with van der Waals surface area (Å²) in [7, 11) is 0. The van der Waals surface area contributed by atoms with Crippen LogP contribution in [0.25, 0.3) is 0 Å². The molecular formula is C8H15F3N2. The molecule has 1 saturated heterocycles. The van der Waals surface area contributed by atoms with Crippen molar-refractivity contribution in [2.45, 2.75) is 25.6 Å². The highest BCUT2D eigenvalue weighted by molar-refractivity contribution is 4.76. The van der Waals surface area contributed by atoms with Crippen LogP contribution in [0.5, 0.6) is 0 Å². The first kappa shape index (κ1) is 10.8. The van der Waals surface area contributed by atoms with E-state index in [-0.39, 0.29) is 12.6 Å². The minimum Gasteiger partial charge on any atom is -0.314 e. The summed E-state index contributed by atoms with van der Waals surface area (Å²) in [5.74, 6) is 0. The van der Waals surface area contributed by atoms with Gasteiger partial charge in [0.25, 0.3) is 0 Å². The molecule has 1 fully saturated rings. The molecule has 0 spiro atoms. The van der Waals surface area contributed by atoms with Gasteiger partial charge in [0.15, 0.2) is 0 Å². The molecule has 1 N–H and O–H groups in total. The van der Waals surface area contributed by atoms with E-state index in [1.807, 2.05) is 11.8 Å². The average molecular weight is 196 g/mol. The summed E-state index contributed by atoms with van der Waals surface area (Å²) >= 11 is 0. The Hall–Kier alpha value is -0.290. The second kappa shape index (κ2) is 4.28. The number of hydrogen-bond acceptors (Lipinski definition) is 2. The molecule has 0 aromatic carbocycles. The Morgan fingerprint density at radius 2 is 2.15 bits per heavy atom. The van der Waals surface area contributed by atoms with Crippen LogP contribution in [0.15, 0.2) is 0 Å². The van der Waals surface area contributed by atoms with Crippen molar-refractivity contribution < 1.29 is 13.2 Å². The second-order valence-corrected chi connectivity index (χ2v) is 3.45.